The number of hydrogen-bond donors (Lipinski definition) is 3. The van der Waals surface area contributed by atoms with Gasteiger partial charge < -0.3 is 25.0 Å². The zero-order chi connectivity index (χ0) is 26.6. The third-order valence-corrected chi connectivity index (χ3v) is 7.28. The van der Waals surface area contributed by atoms with Crippen LogP contribution in [0.4, 0.5) is 5.69 Å². The molecule has 0 saturated carbocycles. The van der Waals surface area contributed by atoms with Gasteiger partial charge in [-0.05, 0) is 54.8 Å². The van der Waals surface area contributed by atoms with Crippen molar-refractivity contribution in [3.05, 3.63) is 93.5 Å². The van der Waals surface area contributed by atoms with E-state index in [-0.39, 0.29) is 19.3 Å². The molecule has 0 spiro atoms. The number of ether oxygens (including phenoxy) is 1. The summed E-state index contributed by atoms with van der Waals surface area (Å²) in [5, 5.41) is 31.5. The number of rotatable bonds is 9. The lowest BCUT2D eigenvalue weighted by Crippen LogP contribution is -2.52. The predicted molar refractivity (Wildman–Crippen MR) is 149 cm³/mol. The summed E-state index contributed by atoms with van der Waals surface area (Å²) in [5.74, 6) is 0.611. The largest absolute Gasteiger partial charge is 0.491 e. The first-order chi connectivity index (χ1) is 17.7. The molecule has 1 aliphatic heterocycles. The molecule has 1 fully saturated rings. The fourth-order valence-electron chi connectivity index (χ4n) is 4.76. The molecule has 8 heteroatoms. The topological polar surface area (TPSA) is 76.4 Å². The molecule has 4 rings (SSSR count). The first kappa shape index (κ1) is 27.7. The number of nitrogens with zero attached hydrogens (tertiary/aromatic N) is 2. The third kappa shape index (κ3) is 6.96. The van der Waals surface area contributed by atoms with Crippen LogP contribution in [0.3, 0.4) is 0 Å². The maximum atomic E-state index is 11.4. The average Bonchev–Trinajstić information content (AvgIpc) is 2.88. The maximum Gasteiger partial charge on any atom is 0.121 e. The van der Waals surface area contributed by atoms with Gasteiger partial charge in [0.1, 0.15) is 12.4 Å². The van der Waals surface area contributed by atoms with Gasteiger partial charge >= 0.3 is 0 Å². The summed E-state index contributed by atoms with van der Waals surface area (Å²) in [7, 11) is 0. The summed E-state index contributed by atoms with van der Waals surface area (Å²) in [5.41, 5.74) is 2.57. The molecule has 37 heavy (non-hydrogen) atoms. The van der Waals surface area contributed by atoms with E-state index in [1.54, 1.807) is 13.0 Å². The van der Waals surface area contributed by atoms with Crippen LogP contribution >= 0.6 is 23.2 Å². The minimum atomic E-state index is -1.05. The van der Waals surface area contributed by atoms with Crippen LogP contribution in [0.1, 0.15) is 36.6 Å². The van der Waals surface area contributed by atoms with E-state index in [1.165, 1.54) is 0 Å². The van der Waals surface area contributed by atoms with E-state index in [0.717, 1.165) is 28.9 Å². The molecule has 1 aliphatic rings. The van der Waals surface area contributed by atoms with Gasteiger partial charge in [-0.3, -0.25) is 4.90 Å². The smallest absolute Gasteiger partial charge is 0.121 e. The first-order valence-corrected chi connectivity index (χ1v) is 13.2. The van der Waals surface area contributed by atoms with Gasteiger partial charge in [0.2, 0.25) is 0 Å². The summed E-state index contributed by atoms with van der Waals surface area (Å²) in [6.45, 7) is 6.27. The van der Waals surface area contributed by atoms with Crippen LogP contribution in [0.25, 0.3) is 0 Å². The second-order valence-corrected chi connectivity index (χ2v) is 10.7. The van der Waals surface area contributed by atoms with Gasteiger partial charge in [-0.1, -0.05) is 59.6 Å². The zero-order valence-electron chi connectivity index (χ0n) is 21.1. The fourth-order valence-corrected chi connectivity index (χ4v) is 5.17. The van der Waals surface area contributed by atoms with E-state index in [2.05, 4.69) is 9.80 Å². The molecule has 198 valence electrons. The molecule has 3 aromatic carbocycles. The van der Waals surface area contributed by atoms with E-state index in [4.69, 9.17) is 27.9 Å². The van der Waals surface area contributed by atoms with Crippen LogP contribution in [0, 0.1) is 0 Å². The molecule has 1 saturated heterocycles. The molecular formula is C29H34Cl2N2O4. The van der Waals surface area contributed by atoms with Gasteiger partial charge in [-0.25, -0.2) is 0 Å². The van der Waals surface area contributed by atoms with Crippen molar-refractivity contribution in [1.29, 1.82) is 0 Å². The van der Waals surface area contributed by atoms with E-state index in [1.807, 2.05) is 67.6 Å². The van der Waals surface area contributed by atoms with E-state index in [0.29, 0.717) is 35.4 Å². The van der Waals surface area contributed by atoms with Crippen LogP contribution in [-0.4, -0.2) is 59.1 Å². The van der Waals surface area contributed by atoms with Crippen molar-refractivity contribution in [2.45, 2.75) is 38.2 Å². The number of β-amino-alcohol motifs (C(OH)–C–C–N with tert-alkyl or cyclic N) is 1. The number of hydrogen-bond acceptors (Lipinski definition) is 6. The second kappa shape index (κ2) is 12.0. The maximum absolute atomic E-state index is 11.4. The highest BCUT2D eigenvalue weighted by Crippen LogP contribution is 2.38. The lowest BCUT2D eigenvalue weighted by atomic mass is 9.93. The number of anilines is 1. The zero-order valence-corrected chi connectivity index (χ0v) is 22.7. The Labute approximate surface area is 228 Å². The number of benzene rings is 3. The van der Waals surface area contributed by atoms with Crippen molar-refractivity contribution in [2.24, 2.45) is 0 Å². The summed E-state index contributed by atoms with van der Waals surface area (Å²) in [4.78, 5) is 4.55. The van der Waals surface area contributed by atoms with Crippen LogP contribution in [0.15, 0.2) is 66.7 Å². The standard InChI is InChI=1S/C29H34Cl2N2O4/c1-20(35)18-37-25-11-12-27(26(31)15-25)33-14-13-32(16-28(33)22-5-9-24(30)10-6-22)19-29(2,36)23-7-3-21(17-34)4-8-23/h3-12,15,20,28,34-36H,13-14,16-19H2,1-2H3/t20-,28-,29+/m0/s1. The molecule has 0 radical (unpaired) electrons. The fraction of sp³-hybridized carbons (Fsp3) is 0.379. The van der Waals surface area contributed by atoms with Crippen molar-refractivity contribution in [1.82, 2.24) is 4.90 Å². The molecule has 0 aromatic heterocycles. The monoisotopic (exact) mass is 544 g/mol. The quantitative estimate of drug-likeness (QED) is 0.351. The molecule has 3 atom stereocenters. The number of aliphatic hydroxyl groups excluding tert-OH is 2. The van der Waals surface area contributed by atoms with Crippen molar-refractivity contribution in [3.8, 4) is 5.75 Å². The molecule has 0 amide bonds. The Balaban J connectivity index is 1.57. The van der Waals surface area contributed by atoms with Gasteiger partial charge in [0.05, 0.1) is 35.1 Å². The molecule has 3 N–H and O–H groups in total. The Morgan fingerprint density at radius 2 is 1.73 bits per heavy atom. The number of halogens is 2. The molecule has 0 aliphatic carbocycles. The van der Waals surface area contributed by atoms with Gasteiger partial charge in [0.25, 0.3) is 0 Å². The molecule has 6 nitrogen and oxygen atoms in total. The van der Waals surface area contributed by atoms with Gasteiger partial charge in [-0.2, -0.15) is 0 Å². The number of aliphatic hydroxyl groups is 3. The van der Waals surface area contributed by atoms with Crippen molar-refractivity contribution in [2.75, 3.05) is 37.7 Å². The third-order valence-electron chi connectivity index (χ3n) is 6.73. The van der Waals surface area contributed by atoms with E-state index < -0.39 is 11.7 Å². The Morgan fingerprint density at radius 3 is 2.35 bits per heavy atom. The van der Waals surface area contributed by atoms with Crippen molar-refractivity contribution < 1.29 is 20.1 Å². The van der Waals surface area contributed by atoms with Crippen molar-refractivity contribution >= 4 is 28.9 Å². The van der Waals surface area contributed by atoms with Crippen molar-refractivity contribution in [3.63, 3.8) is 0 Å². The SMILES string of the molecule is C[C@H](O)COc1ccc(N2CCN(C[C@@](C)(O)c3ccc(CO)cc3)C[C@H]2c2ccc(Cl)cc2)c(Cl)c1. The highest BCUT2D eigenvalue weighted by molar-refractivity contribution is 6.33. The minimum Gasteiger partial charge on any atom is -0.491 e. The molecule has 1 heterocycles. The Morgan fingerprint density at radius 1 is 1.03 bits per heavy atom. The van der Waals surface area contributed by atoms with Gasteiger partial charge in [0, 0.05) is 37.3 Å². The van der Waals surface area contributed by atoms with Crippen LogP contribution in [0.2, 0.25) is 10.0 Å². The Kier molecular flexibility index (Phi) is 9.01. The molecule has 3 aromatic rings. The molecular weight excluding hydrogens is 511 g/mol. The normalized spacial score (nSPS) is 18.9. The highest BCUT2D eigenvalue weighted by Gasteiger charge is 2.34. The summed E-state index contributed by atoms with van der Waals surface area (Å²) in [6.07, 6.45) is -0.564. The van der Waals surface area contributed by atoms with E-state index in [9.17, 15) is 15.3 Å². The first-order valence-electron chi connectivity index (χ1n) is 12.4. The summed E-state index contributed by atoms with van der Waals surface area (Å²) >= 11 is 12.9. The minimum absolute atomic E-state index is 0.0136. The van der Waals surface area contributed by atoms with Gasteiger partial charge in [-0.15, -0.1) is 0 Å². The van der Waals surface area contributed by atoms with Crippen LogP contribution in [0.5, 0.6) is 5.75 Å². The lowest BCUT2D eigenvalue weighted by Gasteiger charge is -2.45. The molecule has 0 bridgehead atoms. The molecule has 0 unspecified atom stereocenters. The number of piperazine rings is 1. The summed E-state index contributed by atoms with van der Waals surface area (Å²) in [6, 6.07) is 20.9. The lowest BCUT2D eigenvalue weighted by molar-refractivity contribution is 0.0103. The summed E-state index contributed by atoms with van der Waals surface area (Å²) < 4.78 is 5.63. The Bertz CT molecular complexity index is 1170. The van der Waals surface area contributed by atoms with Gasteiger partial charge in [0.15, 0.2) is 0 Å². The second-order valence-electron chi connectivity index (χ2n) is 9.90. The average molecular weight is 546 g/mol. The Hall–Kier alpha value is -2.32. The van der Waals surface area contributed by atoms with E-state index >= 15 is 0 Å². The predicted octanol–water partition coefficient (Wildman–Crippen LogP) is 5.02. The van der Waals surface area contributed by atoms with Crippen LogP contribution < -0.4 is 9.64 Å². The highest BCUT2D eigenvalue weighted by atomic mass is 35.5. The van der Waals surface area contributed by atoms with Crippen LogP contribution in [-0.2, 0) is 12.2 Å².